The van der Waals surface area contributed by atoms with E-state index in [1.807, 2.05) is 19.1 Å². The monoisotopic (exact) mass is 503 g/mol. The Hall–Kier alpha value is -1.91. The maximum atomic E-state index is 11.9. The van der Waals surface area contributed by atoms with Crippen LogP contribution in [-0.2, 0) is 4.79 Å². The standard InChI is InChI=1S/C16H15Br2N3O4S/c1-8-5-10(17)6-12(18)14(8)25-7-13(22)19-16(26)21-20-15(23)11-3-4-24-9(11)2/h3-6H,7H2,1-2H3,(H,20,23)(H2,19,21,22,26). The first-order chi connectivity index (χ1) is 12.3. The number of hydrogen-bond donors (Lipinski definition) is 3. The molecule has 1 aromatic heterocycles. The smallest absolute Gasteiger partial charge is 0.273 e. The van der Waals surface area contributed by atoms with Gasteiger partial charge in [0.1, 0.15) is 11.5 Å². The second-order valence-corrected chi connectivity index (χ2v) is 7.35. The highest BCUT2D eigenvalue weighted by atomic mass is 79.9. The van der Waals surface area contributed by atoms with Gasteiger partial charge in [0.25, 0.3) is 11.8 Å². The van der Waals surface area contributed by atoms with Crippen molar-refractivity contribution >= 4 is 61.0 Å². The zero-order valence-corrected chi connectivity index (χ0v) is 17.8. The fraction of sp³-hybridized carbons (Fsp3) is 0.188. The molecule has 0 aliphatic carbocycles. The van der Waals surface area contributed by atoms with Crippen LogP contribution < -0.4 is 20.9 Å². The maximum Gasteiger partial charge on any atom is 0.273 e. The Morgan fingerprint density at radius 3 is 2.58 bits per heavy atom. The molecular formula is C16H15Br2N3O4S. The summed E-state index contributed by atoms with van der Waals surface area (Å²) < 4.78 is 12.2. The highest BCUT2D eigenvalue weighted by molar-refractivity contribution is 9.11. The van der Waals surface area contributed by atoms with Crippen LogP contribution in [0.1, 0.15) is 21.7 Å². The van der Waals surface area contributed by atoms with E-state index in [2.05, 4.69) is 48.0 Å². The number of rotatable bonds is 4. The van der Waals surface area contributed by atoms with Gasteiger partial charge in [-0.2, -0.15) is 0 Å². The highest BCUT2D eigenvalue weighted by Crippen LogP contribution is 2.32. The van der Waals surface area contributed by atoms with Crippen LogP contribution in [0.5, 0.6) is 5.75 Å². The van der Waals surface area contributed by atoms with Crippen LogP contribution in [0.3, 0.4) is 0 Å². The van der Waals surface area contributed by atoms with Gasteiger partial charge in [-0.3, -0.25) is 25.8 Å². The molecule has 1 aromatic carbocycles. The summed E-state index contributed by atoms with van der Waals surface area (Å²) in [5, 5.41) is 2.35. The van der Waals surface area contributed by atoms with Crippen molar-refractivity contribution in [1.29, 1.82) is 0 Å². The van der Waals surface area contributed by atoms with Gasteiger partial charge >= 0.3 is 0 Å². The van der Waals surface area contributed by atoms with Crippen molar-refractivity contribution in [3.8, 4) is 5.75 Å². The Balaban J connectivity index is 1.80. The Kier molecular flexibility index (Phi) is 7.18. The van der Waals surface area contributed by atoms with Crippen LogP contribution in [0.4, 0.5) is 0 Å². The largest absolute Gasteiger partial charge is 0.482 e. The number of hydrazine groups is 1. The topological polar surface area (TPSA) is 92.6 Å². The fourth-order valence-electron chi connectivity index (χ4n) is 2.00. The molecule has 2 aromatic rings. The van der Waals surface area contributed by atoms with Crippen LogP contribution in [0, 0.1) is 13.8 Å². The molecule has 0 saturated heterocycles. The summed E-state index contributed by atoms with van der Waals surface area (Å²) >= 11 is 11.7. The van der Waals surface area contributed by atoms with Crippen LogP contribution in [0.2, 0.25) is 0 Å². The predicted molar refractivity (Wildman–Crippen MR) is 107 cm³/mol. The molecule has 0 aliphatic heterocycles. The Bertz CT molecular complexity index is 831. The number of carbonyl (C=O) groups excluding carboxylic acids is 2. The molecule has 0 unspecified atom stereocenters. The number of furan rings is 1. The molecule has 2 amide bonds. The number of hydrogen-bond acceptors (Lipinski definition) is 5. The molecule has 138 valence electrons. The Labute approximate surface area is 172 Å². The molecule has 26 heavy (non-hydrogen) atoms. The zero-order valence-electron chi connectivity index (χ0n) is 13.8. The lowest BCUT2D eigenvalue weighted by atomic mass is 10.2. The van der Waals surface area contributed by atoms with Gasteiger partial charge < -0.3 is 9.15 Å². The highest BCUT2D eigenvalue weighted by Gasteiger charge is 2.13. The van der Waals surface area contributed by atoms with E-state index in [0.29, 0.717) is 17.1 Å². The van der Waals surface area contributed by atoms with Crippen molar-refractivity contribution in [2.24, 2.45) is 0 Å². The van der Waals surface area contributed by atoms with E-state index in [-0.39, 0.29) is 11.7 Å². The normalized spacial score (nSPS) is 10.2. The molecule has 0 aliphatic rings. The van der Waals surface area contributed by atoms with Crippen molar-refractivity contribution < 1.29 is 18.7 Å². The minimum Gasteiger partial charge on any atom is -0.482 e. The van der Waals surface area contributed by atoms with E-state index in [0.717, 1.165) is 14.5 Å². The summed E-state index contributed by atoms with van der Waals surface area (Å²) in [5.74, 6) is 0.137. The second-order valence-electron chi connectivity index (χ2n) is 5.17. The first-order valence-electron chi connectivity index (χ1n) is 7.30. The molecule has 0 atom stereocenters. The van der Waals surface area contributed by atoms with E-state index in [9.17, 15) is 9.59 Å². The third-order valence-corrected chi connectivity index (χ3v) is 4.44. The molecule has 2 rings (SSSR count). The summed E-state index contributed by atoms with van der Waals surface area (Å²) in [6.45, 7) is 3.29. The van der Waals surface area contributed by atoms with Crippen molar-refractivity contribution in [2.75, 3.05) is 6.61 Å². The molecule has 0 bridgehead atoms. The summed E-state index contributed by atoms with van der Waals surface area (Å²) in [7, 11) is 0. The van der Waals surface area contributed by atoms with Crippen LogP contribution in [0.15, 0.2) is 37.8 Å². The lowest BCUT2D eigenvalue weighted by molar-refractivity contribution is -0.121. The zero-order chi connectivity index (χ0) is 19.3. The molecule has 10 heteroatoms. The van der Waals surface area contributed by atoms with Gasteiger partial charge in [0.2, 0.25) is 0 Å². The average molecular weight is 505 g/mol. The van der Waals surface area contributed by atoms with E-state index in [4.69, 9.17) is 21.4 Å². The van der Waals surface area contributed by atoms with E-state index >= 15 is 0 Å². The molecule has 1 heterocycles. The van der Waals surface area contributed by atoms with Crippen molar-refractivity contribution in [3.05, 3.63) is 50.3 Å². The minimum absolute atomic E-state index is 0.0558. The number of aryl methyl sites for hydroxylation is 2. The van der Waals surface area contributed by atoms with Crippen LogP contribution in [-0.4, -0.2) is 23.5 Å². The summed E-state index contributed by atoms with van der Waals surface area (Å²) in [4.78, 5) is 23.8. The summed E-state index contributed by atoms with van der Waals surface area (Å²) in [6, 6.07) is 5.22. The van der Waals surface area contributed by atoms with Crippen molar-refractivity contribution in [1.82, 2.24) is 16.2 Å². The molecule has 0 spiro atoms. The van der Waals surface area contributed by atoms with Gasteiger partial charge in [-0.25, -0.2) is 0 Å². The number of halogens is 2. The lowest BCUT2D eigenvalue weighted by Crippen LogP contribution is -2.49. The third kappa shape index (κ3) is 5.55. The van der Waals surface area contributed by atoms with E-state index in [1.54, 1.807) is 6.92 Å². The summed E-state index contributed by atoms with van der Waals surface area (Å²) in [6.07, 6.45) is 1.41. The second kappa shape index (κ2) is 9.15. The number of ether oxygens (including phenoxy) is 1. The van der Waals surface area contributed by atoms with Crippen LogP contribution >= 0.6 is 44.1 Å². The number of nitrogens with one attached hydrogen (secondary N) is 3. The van der Waals surface area contributed by atoms with Gasteiger partial charge in [0, 0.05) is 4.47 Å². The average Bonchev–Trinajstić information content (AvgIpc) is 2.97. The number of benzene rings is 1. The maximum absolute atomic E-state index is 11.9. The van der Waals surface area contributed by atoms with Crippen molar-refractivity contribution in [3.63, 3.8) is 0 Å². The molecule has 0 fully saturated rings. The lowest BCUT2D eigenvalue weighted by Gasteiger charge is -2.13. The Morgan fingerprint density at radius 1 is 1.23 bits per heavy atom. The fourth-order valence-corrected chi connectivity index (χ4v) is 3.72. The van der Waals surface area contributed by atoms with Crippen LogP contribution in [0.25, 0.3) is 0 Å². The molecule has 3 N–H and O–H groups in total. The number of thiocarbonyl (C=S) groups is 1. The molecule has 0 radical (unpaired) electrons. The first kappa shape index (κ1) is 20.4. The number of carbonyl (C=O) groups is 2. The Morgan fingerprint density at radius 2 is 1.96 bits per heavy atom. The molecule has 0 saturated carbocycles. The number of amides is 2. The minimum atomic E-state index is -0.467. The SMILES string of the molecule is Cc1cc(Br)cc(Br)c1OCC(=O)NC(=S)NNC(=O)c1ccoc1C. The van der Waals surface area contributed by atoms with E-state index in [1.165, 1.54) is 12.3 Å². The quantitative estimate of drug-likeness (QED) is 0.437. The van der Waals surface area contributed by atoms with Gasteiger partial charge in [-0.05, 0) is 65.8 Å². The summed E-state index contributed by atoms with van der Waals surface area (Å²) in [5.41, 5.74) is 6.05. The predicted octanol–water partition coefficient (Wildman–Crippen LogP) is 3.14. The molecular weight excluding hydrogens is 490 g/mol. The van der Waals surface area contributed by atoms with Gasteiger partial charge in [-0.1, -0.05) is 15.9 Å². The first-order valence-corrected chi connectivity index (χ1v) is 9.30. The van der Waals surface area contributed by atoms with Gasteiger partial charge in [0.15, 0.2) is 11.7 Å². The third-order valence-electron chi connectivity index (χ3n) is 3.19. The van der Waals surface area contributed by atoms with Gasteiger partial charge in [-0.15, -0.1) is 0 Å². The van der Waals surface area contributed by atoms with Crippen molar-refractivity contribution in [2.45, 2.75) is 13.8 Å². The van der Waals surface area contributed by atoms with E-state index < -0.39 is 11.8 Å². The molecule has 7 nitrogen and oxygen atoms in total. The van der Waals surface area contributed by atoms with Gasteiger partial charge in [0.05, 0.1) is 16.3 Å².